The second-order valence-corrected chi connectivity index (χ2v) is 5.56. The van der Waals surface area contributed by atoms with Gasteiger partial charge in [0, 0.05) is 24.7 Å². The van der Waals surface area contributed by atoms with Gasteiger partial charge in [-0.25, -0.2) is 8.78 Å². The Bertz CT molecular complexity index is 392. The summed E-state index contributed by atoms with van der Waals surface area (Å²) in [5.74, 6) is -1.02. The highest BCUT2D eigenvalue weighted by Crippen LogP contribution is 2.14. The average molecular weight is 268 g/mol. The highest BCUT2D eigenvalue weighted by Gasteiger charge is 2.20. The van der Waals surface area contributed by atoms with Gasteiger partial charge in [0.15, 0.2) is 0 Å². The summed E-state index contributed by atoms with van der Waals surface area (Å²) in [6.45, 7) is 7.13. The lowest BCUT2D eigenvalue weighted by Crippen LogP contribution is -2.44. The van der Waals surface area contributed by atoms with Crippen LogP contribution in [0.25, 0.3) is 0 Å². The predicted octanol–water partition coefficient (Wildman–Crippen LogP) is 2.93. The monoisotopic (exact) mass is 268 g/mol. The van der Waals surface area contributed by atoms with Crippen LogP contribution in [0, 0.1) is 11.6 Å². The first-order valence-corrected chi connectivity index (χ1v) is 6.97. The quantitative estimate of drug-likeness (QED) is 0.903. The second-order valence-electron chi connectivity index (χ2n) is 5.56. The van der Waals surface area contributed by atoms with E-state index in [2.05, 4.69) is 24.1 Å². The van der Waals surface area contributed by atoms with Crippen LogP contribution in [0.5, 0.6) is 0 Å². The first kappa shape index (κ1) is 14.4. The highest BCUT2D eigenvalue weighted by molar-refractivity contribution is 5.17. The summed E-state index contributed by atoms with van der Waals surface area (Å²) in [6.07, 6.45) is 2.19. The van der Waals surface area contributed by atoms with Gasteiger partial charge in [-0.05, 0) is 57.5 Å². The van der Waals surface area contributed by atoms with E-state index in [4.69, 9.17) is 0 Å². The van der Waals surface area contributed by atoms with Crippen LogP contribution in [0.2, 0.25) is 0 Å². The molecule has 0 bridgehead atoms. The molecule has 1 heterocycles. The third kappa shape index (κ3) is 4.25. The molecule has 2 rings (SSSR count). The zero-order valence-electron chi connectivity index (χ0n) is 11.6. The molecule has 4 heteroatoms. The first-order chi connectivity index (χ1) is 9.04. The number of halogens is 2. The van der Waals surface area contributed by atoms with Gasteiger partial charge < -0.3 is 10.2 Å². The molecule has 1 aromatic carbocycles. The lowest BCUT2D eigenvalue weighted by molar-refractivity contribution is 0.161. The lowest BCUT2D eigenvalue weighted by atomic mass is 10.0. The third-order valence-corrected chi connectivity index (χ3v) is 3.78. The van der Waals surface area contributed by atoms with Gasteiger partial charge in [-0.2, -0.15) is 0 Å². The van der Waals surface area contributed by atoms with Crippen molar-refractivity contribution in [3.05, 3.63) is 35.4 Å². The van der Waals surface area contributed by atoms with Crippen molar-refractivity contribution in [2.45, 2.75) is 45.3 Å². The van der Waals surface area contributed by atoms with Gasteiger partial charge in [-0.1, -0.05) is 0 Å². The van der Waals surface area contributed by atoms with Gasteiger partial charge in [0.2, 0.25) is 0 Å². The van der Waals surface area contributed by atoms with Crippen molar-refractivity contribution >= 4 is 0 Å². The van der Waals surface area contributed by atoms with Crippen molar-refractivity contribution in [1.82, 2.24) is 10.2 Å². The molecule has 0 atom stereocenters. The Morgan fingerprint density at radius 2 is 1.74 bits per heavy atom. The minimum absolute atomic E-state index is 0.446. The summed E-state index contributed by atoms with van der Waals surface area (Å²) >= 11 is 0. The number of hydrogen-bond acceptors (Lipinski definition) is 2. The molecule has 0 spiro atoms. The van der Waals surface area contributed by atoms with Crippen molar-refractivity contribution < 1.29 is 8.78 Å². The fourth-order valence-electron chi connectivity index (χ4n) is 2.60. The summed E-state index contributed by atoms with van der Waals surface area (Å²) in [5, 5.41) is 3.39. The number of rotatable bonds is 4. The van der Waals surface area contributed by atoms with Crippen LogP contribution in [0.3, 0.4) is 0 Å². The van der Waals surface area contributed by atoms with E-state index in [0.717, 1.165) is 32.0 Å². The molecule has 106 valence electrons. The molecule has 0 amide bonds. The largest absolute Gasteiger partial charge is 0.310 e. The van der Waals surface area contributed by atoms with Crippen molar-refractivity contribution in [2.75, 3.05) is 13.1 Å². The highest BCUT2D eigenvalue weighted by atomic mass is 19.1. The van der Waals surface area contributed by atoms with Gasteiger partial charge in [-0.3, -0.25) is 0 Å². The Hall–Kier alpha value is -1.00. The van der Waals surface area contributed by atoms with Crippen LogP contribution >= 0.6 is 0 Å². The smallest absolute Gasteiger partial charge is 0.126 e. The molecule has 1 aromatic rings. The maximum Gasteiger partial charge on any atom is 0.126 e. The van der Waals surface area contributed by atoms with Crippen LogP contribution < -0.4 is 5.32 Å². The summed E-state index contributed by atoms with van der Waals surface area (Å²) in [4.78, 5) is 2.46. The summed E-state index contributed by atoms with van der Waals surface area (Å²) in [7, 11) is 0. The molecular formula is C15H22F2N2. The number of likely N-dealkylation sites (tertiary alicyclic amines) is 1. The van der Waals surface area contributed by atoms with E-state index in [0.29, 0.717) is 24.2 Å². The molecule has 0 radical (unpaired) electrons. The van der Waals surface area contributed by atoms with E-state index in [1.807, 2.05) is 0 Å². The fraction of sp³-hybridized carbons (Fsp3) is 0.600. The van der Waals surface area contributed by atoms with Crippen LogP contribution in [0.1, 0.15) is 32.3 Å². The van der Waals surface area contributed by atoms with Gasteiger partial charge in [0.1, 0.15) is 11.6 Å². The lowest BCUT2D eigenvalue weighted by Gasteiger charge is -2.35. The third-order valence-electron chi connectivity index (χ3n) is 3.78. The van der Waals surface area contributed by atoms with E-state index >= 15 is 0 Å². The van der Waals surface area contributed by atoms with Crippen molar-refractivity contribution in [3.63, 3.8) is 0 Å². The minimum Gasteiger partial charge on any atom is -0.310 e. The van der Waals surface area contributed by atoms with Gasteiger partial charge in [-0.15, -0.1) is 0 Å². The van der Waals surface area contributed by atoms with E-state index in [1.54, 1.807) is 0 Å². The van der Waals surface area contributed by atoms with Crippen molar-refractivity contribution in [1.29, 1.82) is 0 Å². The van der Waals surface area contributed by atoms with E-state index < -0.39 is 11.6 Å². The maximum atomic E-state index is 13.1. The molecule has 0 aromatic heterocycles. The zero-order chi connectivity index (χ0) is 13.8. The molecule has 2 nitrogen and oxygen atoms in total. The number of nitrogens with one attached hydrogen (secondary N) is 1. The summed E-state index contributed by atoms with van der Waals surface area (Å²) in [5.41, 5.74) is 0.670. The van der Waals surface area contributed by atoms with Crippen LogP contribution in [0.4, 0.5) is 8.78 Å². The number of benzene rings is 1. The zero-order valence-corrected chi connectivity index (χ0v) is 11.6. The summed E-state index contributed by atoms with van der Waals surface area (Å²) < 4.78 is 26.1. The molecule has 1 fully saturated rings. The topological polar surface area (TPSA) is 15.3 Å². The SMILES string of the molecule is CC(C)N1CCC(NCc2cc(F)cc(F)c2)CC1. The van der Waals surface area contributed by atoms with Crippen LogP contribution in [0.15, 0.2) is 18.2 Å². The van der Waals surface area contributed by atoms with E-state index in [1.165, 1.54) is 12.1 Å². The fourth-order valence-corrected chi connectivity index (χ4v) is 2.60. The summed E-state index contributed by atoms with van der Waals surface area (Å²) in [6, 6.07) is 4.73. The Morgan fingerprint density at radius 3 is 2.26 bits per heavy atom. The Balaban J connectivity index is 1.80. The molecule has 1 N–H and O–H groups in total. The Morgan fingerprint density at radius 1 is 1.16 bits per heavy atom. The van der Waals surface area contributed by atoms with Crippen molar-refractivity contribution in [3.8, 4) is 0 Å². The standard InChI is InChI=1S/C15H22F2N2/c1-11(2)19-5-3-15(4-6-19)18-10-12-7-13(16)9-14(17)8-12/h7-9,11,15,18H,3-6,10H2,1-2H3. The molecule has 0 saturated carbocycles. The number of piperidine rings is 1. The maximum absolute atomic E-state index is 13.1. The molecule has 1 saturated heterocycles. The van der Waals surface area contributed by atoms with Gasteiger partial charge in [0.05, 0.1) is 0 Å². The number of hydrogen-bond donors (Lipinski definition) is 1. The predicted molar refractivity (Wildman–Crippen MR) is 72.9 cm³/mol. The molecule has 19 heavy (non-hydrogen) atoms. The first-order valence-electron chi connectivity index (χ1n) is 6.97. The minimum atomic E-state index is -0.508. The second kappa shape index (κ2) is 6.44. The van der Waals surface area contributed by atoms with Gasteiger partial charge in [0.25, 0.3) is 0 Å². The van der Waals surface area contributed by atoms with Crippen molar-refractivity contribution in [2.24, 2.45) is 0 Å². The Kier molecular flexibility index (Phi) is 4.88. The number of nitrogens with zero attached hydrogens (tertiary/aromatic N) is 1. The van der Waals surface area contributed by atoms with E-state index in [9.17, 15) is 8.78 Å². The molecule has 0 aliphatic carbocycles. The van der Waals surface area contributed by atoms with Crippen LogP contribution in [-0.4, -0.2) is 30.1 Å². The normalized spacial score (nSPS) is 18.2. The van der Waals surface area contributed by atoms with E-state index in [-0.39, 0.29) is 0 Å². The van der Waals surface area contributed by atoms with Gasteiger partial charge >= 0.3 is 0 Å². The average Bonchev–Trinajstić information content (AvgIpc) is 2.36. The molecule has 1 aliphatic rings. The molecular weight excluding hydrogens is 246 g/mol. The molecule has 1 aliphatic heterocycles. The van der Waals surface area contributed by atoms with Crippen LogP contribution in [-0.2, 0) is 6.54 Å². The molecule has 0 unspecified atom stereocenters. The Labute approximate surface area is 113 Å².